The molecule has 0 unspecified atom stereocenters. The molecule has 2 aliphatic rings. The molecule has 10 nitrogen and oxygen atoms in total. The van der Waals surface area contributed by atoms with E-state index < -0.39 is 16.9 Å². The lowest BCUT2D eigenvalue weighted by atomic mass is 9.93. The molecule has 4 aromatic rings. The summed E-state index contributed by atoms with van der Waals surface area (Å²) in [6.07, 6.45) is 3.75. The van der Waals surface area contributed by atoms with E-state index >= 15 is 0 Å². The number of hydrogen-bond acceptors (Lipinski definition) is 9. The van der Waals surface area contributed by atoms with Gasteiger partial charge < -0.3 is 14.4 Å². The first kappa shape index (κ1) is 29.1. The number of hydrogen-bond donors (Lipinski definition) is 0. The molecule has 11 heteroatoms. The van der Waals surface area contributed by atoms with Gasteiger partial charge in [-0.15, -0.1) is 0 Å². The summed E-state index contributed by atoms with van der Waals surface area (Å²) in [5.41, 5.74) is 3.06. The Balaban J connectivity index is 1.62. The molecule has 0 amide bonds. The molecule has 6 rings (SSSR count). The number of benzene rings is 3. The van der Waals surface area contributed by atoms with Crippen LogP contribution in [-0.2, 0) is 9.53 Å². The average Bonchev–Trinajstić information content (AvgIpc) is 3.69. The first-order valence-electron chi connectivity index (χ1n) is 14.4. The minimum atomic E-state index is -0.836. The minimum Gasteiger partial charge on any atom is -0.497 e. The Hall–Kier alpha value is -5.03. The standard InChI is InChI=1S/C33H30N4O6S/c1-3-43-32(39)28-29(21-9-5-4-6-10-21)34-33-36(30(28)22-11-14-25(42-2)15-12-22)31(38)27(44-33)20-23-19-24(37(40)41)13-16-26(23)35-17-7-8-18-35/h4-6,9-16,19-20,30H,3,7-8,17-18H2,1-2H3/b27-20-/t30-/m1/s1. The highest BCUT2D eigenvalue weighted by Gasteiger charge is 2.35. The van der Waals surface area contributed by atoms with Gasteiger partial charge in [0.1, 0.15) is 5.75 Å². The second-order valence-corrected chi connectivity index (χ2v) is 11.4. The minimum absolute atomic E-state index is 0.0564. The molecule has 1 saturated heterocycles. The fraction of sp³-hybridized carbons (Fsp3) is 0.242. The first-order valence-corrected chi connectivity index (χ1v) is 15.2. The summed E-state index contributed by atoms with van der Waals surface area (Å²) in [5.74, 6) is 0.0615. The van der Waals surface area contributed by atoms with Crippen LogP contribution in [0, 0.1) is 10.1 Å². The molecule has 0 radical (unpaired) electrons. The number of aromatic nitrogens is 1. The third-order valence-corrected chi connectivity index (χ3v) is 8.74. The predicted molar refractivity (Wildman–Crippen MR) is 169 cm³/mol. The molecular weight excluding hydrogens is 580 g/mol. The van der Waals surface area contributed by atoms with Gasteiger partial charge in [-0.1, -0.05) is 53.8 Å². The zero-order valence-corrected chi connectivity index (χ0v) is 25.1. The van der Waals surface area contributed by atoms with Gasteiger partial charge in [-0.25, -0.2) is 9.79 Å². The van der Waals surface area contributed by atoms with Crippen molar-refractivity contribution in [3.63, 3.8) is 0 Å². The number of anilines is 1. The van der Waals surface area contributed by atoms with Crippen molar-refractivity contribution in [3.05, 3.63) is 125 Å². The second-order valence-electron chi connectivity index (χ2n) is 10.4. The Kier molecular flexibility index (Phi) is 8.12. The van der Waals surface area contributed by atoms with Gasteiger partial charge in [-0.05, 0) is 49.6 Å². The van der Waals surface area contributed by atoms with Gasteiger partial charge in [0.25, 0.3) is 11.2 Å². The van der Waals surface area contributed by atoms with Crippen LogP contribution in [0.25, 0.3) is 11.8 Å². The lowest BCUT2D eigenvalue weighted by molar-refractivity contribution is -0.384. The number of ether oxygens (including phenoxy) is 2. The van der Waals surface area contributed by atoms with Gasteiger partial charge in [0, 0.05) is 42.0 Å². The number of carbonyl (C=O) groups is 1. The van der Waals surface area contributed by atoms with Crippen LogP contribution in [0.2, 0.25) is 0 Å². The quantitative estimate of drug-likeness (QED) is 0.164. The lowest BCUT2D eigenvalue weighted by Crippen LogP contribution is -2.40. The molecule has 1 aromatic heterocycles. The Labute approximate surface area is 257 Å². The smallest absolute Gasteiger partial charge is 0.338 e. The van der Waals surface area contributed by atoms with Crippen LogP contribution in [0.1, 0.15) is 42.5 Å². The summed E-state index contributed by atoms with van der Waals surface area (Å²) in [6, 6.07) is 20.4. The molecular formula is C33H30N4O6S. The number of esters is 1. The van der Waals surface area contributed by atoms with Crippen molar-refractivity contribution in [3.8, 4) is 5.75 Å². The number of methoxy groups -OCH3 is 1. The molecule has 0 N–H and O–H groups in total. The van der Waals surface area contributed by atoms with E-state index in [0.29, 0.717) is 37.5 Å². The molecule has 0 aliphatic carbocycles. The number of nitrogens with zero attached hydrogens (tertiary/aromatic N) is 4. The van der Waals surface area contributed by atoms with Crippen LogP contribution in [0.3, 0.4) is 0 Å². The van der Waals surface area contributed by atoms with E-state index in [4.69, 9.17) is 14.5 Å². The van der Waals surface area contributed by atoms with Gasteiger partial charge in [0.2, 0.25) is 0 Å². The molecule has 2 aliphatic heterocycles. The van der Waals surface area contributed by atoms with Gasteiger partial charge in [-0.2, -0.15) is 0 Å². The average molecular weight is 611 g/mol. The highest BCUT2D eigenvalue weighted by molar-refractivity contribution is 7.07. The second kappa shape index (κ2) is 12.3. The van der Waals surface area contributed by atoms with Crippen LogP contribution < -0.4 is 24.5 Å². The van der Waals surface area contributed by atoms with Crippen LogP contribution >= 0.6 is 11.3 Å². The zero-order chi connectivity index (χ0) is 30.8. The normalized spacial score (nSPS) is 16.5. The highest BCUT2D eigenvalue weighted by Crippen LogP contribution is 2.36. The number of nitro groups is 1. The highest BCUT2D eigenvalue weighted by atomic mass is 32.1. The van der Waals surface area contributed by atoms with E-state index in [9.17, 15) is 19.7 Å². The maximum Gasteiger partial charge on any atom is 0.338 e. The fourth-order valence-corrected chi connectivity index (χ4v) is 6.69. The molecule has 0 spiro atoms. The van der Waals surface area contributed by atoms with E-state index in [1.54, 1.807) is 38.3 Å². The predicted octanol–water partition coefficient (Wildman–Crippen LogP) is 4.45. The molecule has 224 valence electrons. The Morgan fingerprint density at radius 1 is 1.09 bits per heavy atom. The number of thiazole rings is 1. The molecule has 3 aromatic carbocycles. The Morgan fingerprint density at radius 3 is 2.48 bits per heavy atom. The molecule has 44 heavy (non-hydrogen) atoms. The molecule has 1 fully saturated rings. The summed E-state index contributed by atoms with van der Waals surface area (Å²) >= 11 is 1.18. The zero-order valence-electron chi connectivity index (χ0n) is 24.3. The molecule has 0 saturated carbocycles. The number of non-ortho nitro benzene ring substituents is 1. The van der Waals surface area contributed by atoms with Gasteiger partial charge >= 0.3 is 5.97 Å². The fourth-order valence-electron chi connectivity index (χ4n) is 5.70. The number of rotatable bonds is 8. The number of fused-ring (bicyclic) bond motifs is 1. The van der Waals surface area contributed by atoms with E-state index in [0.717, 1.165) is 31.6 Å². The van der Waals surface area contributed by atoms with Crippen molar-refractivity contribution in [2.24, 2.45) is 4.99 Å². The van der Waals surface area contributed by atoms with Crippen molar-refractivity contribution in [1.29, 1.82) is 0 Å². The van der Waals surface area contributed by atoms with E-state index in [-0.39, 0.29) is 23.4 Å². The molecule has 3 heterocycles. The molecule has 0 bridgehead atoms. The van der Waals surface area contributed by atoms with Crippen molar-refractivity contribution >= 4 is 40.5 Å². The number of carbonyl (C=O) groups excluding carboxylic acids is 1. The van der Waals surface area contributed by atoms with Gasteiger partial charge in [0.05, 0.1) is 40.5 Å². The third kappa shape index (κ3) is 5.42. The maximum absolute atomic E-state index is 14.3. The monoisotopic (exact) mass is 610 g/mol. The van der Waals surface area contributed by atoms with Gasteiger partial charge in [-0.3, -0.25) is 19.5 Å². The Bertz CT molecular complexity index is 1940. The van der Waals surface area contributed by atoms with Gasteiger partial charge in [0.15, 0.2) is 4.80 Å². The Morgan fingerprint density at radius 2 is 1.82 bits per heavy atom. The van der Waals surface area contributed by atoms with Crippen LogP contribution in [0.15, 0.2) is 88.2 Å². The van der Waals surface area contributed by atoms with Crippen LogP contribution in [-0.4, -0.2) is 42.3 Å². The van der Waals surface area contributed by atoms with E-state index in [2.05, 4.69) is 4.90 Å². The van der Waals surface area contributed by atoms with Crippen LogP contribution in [0.5, 0.6) is 5.75 Å². The topological polar surface area (TPSA) is 116 Å². The van der Waals surface area contributed by atoms with Crippen LogP contribution in [0.4, 0.5) is 11.4 Å². The van der Waals surface area contributed by atoms with E-state index in [1.165, 1.54) is 28.0 Å². The van der Waals surface area contributed by atoms with Crippen molar-refractivity contribution in [2.75, 3.05) is 31.7 Å². The summed E-state index contributed by atoms with van der Waals surface area (Å²) < 4.78 is 12.7. The van der Waals surface area contributed by atoms with E-state index in [1.807, 2.05) is 42.5 Å². The summed E-state index contributed by atoms with van der Waals surface area (Å²) in [4.78, 5) is 46.6. The molecule has 1 atom stereocenters. The van der Waals surface area contributed by atoms with Crippen molar-refractivity contribution in [1.82, 2.24) is 4.57 Å². The first-order chi connectivity index (χ1) is 21.4. The summed E-state index contributed by atoms with van der Waals surface area (Å²) in [6.45, 7) is 3.55. The summed E-state index contributed by atoms with van der Waals surface area (Å²) in [5, 5.41) is 11.7. The largest absolute Gasteiger partial charge is 0.497 e. The third-order valence-electron chi connectivity index (χ3n) is 7.76. The lowest BCUT2D eigenvalue weighted by Gasteiger charge is -2.26. The van der Waals surface area contributed by atoms with Crippen molar-refractivity contribution in [2.45, 2.75) is 25.8 Å². The maximum atomic E-state index is 14.3. The van der Waals surface area contributed by atoms with Crippen molar-refractivity contribution < 1.29 is 19.2 Å². The number of nitro benzene ring substituents is 1. The SMILES string of the molecule is CCOC(=O)C1=C(c2ccccc2)N=c2s/c(=C\c3cc([N+](=O)[O-])ccc3N3CCCC3)c(=O)n2[C@@H]1c1ccc(OC)cc1. The summed E-state index contributed by atoms with van der Waals surface area (Å²) in [7, 11) is 1.57.